The van der Waals surface area contributed by atoms with Crippen LogP contribution in [0.1, 0.15) is 22.5 Å². The van der Waals surface area contributed by atoms with Gasteiger partial charge in [0.05, 0.1) is 5.56 Å². The zero-order chi connectivity index (χ0) is 22.5. The normalized spacial score (nSPS) is 11.9. The van der Waals surface area contributed by atoms with Crippen molar-refractivity contribution in [2.45, 2.75) is 19.0 Å². The SMILES string of the molecule is NC(=O)C(=O)C(Cc1ccccc1)NC(=O)c1cn(C(F)F)nc1-c1cccc(F)c1. The molecule has 3 rings (SSSR count). The smallest absolute Gasteiger partial charge is 0.333 e. The Labute approximate surface area is 174 Å². The minimum atomic E-state index is -3.05. The monoisotopic (exact) mass is 430 g/mol. The Hall–Kier alpha value is -3.95. The first-order chi connectivity index (χ1) is 14.8. The predicted molar refractivity (Wildman–Crippen MR) is 104 cm³/mol. The molecule has 3 aromatic rings. The van der Waals surface area contributed by atoms with E-state index in [0.717, 1.165) is 18.3 Å². The van der Waals surface area contributed by atoms with Gasteiger partial charge in [-0.2, -0.15) is 13.9 Å². The number of aromatic nitrogens is 2. The molecule has 0 radical (unpaired) electrons. The number of carbonyl (C=O) groups is 3. The predicted octanol–water partition coefficient (Wildman–Crippen LogP) is 2.48. The minimum Gasteiger partial charge on any atom is -0.363 e. The topological polar surface area (TPSA) is 107 Å². The first kappa shape index (κ1) is 21.8. The number of nitrogens with one attached hydrogen (secondary N) is 1. The van der Waals surface area contributed by atoms with Crippen molar-refractivity contribution in [1.82, 2.24) is 15.1 Å². The van der Waals surface area contributed by atoms with E-state index in [4.69, 9.17) is 5.73 Å². The maximum atomic E-state index is 13.6. The third-order valence-corrected chi connectivity index (χ3v) is 4.42. The van der Waals surface area contributed by atoms with Gasteiger partial charge in [0.25, 0.3) is 11.8 Å². The summed E-state index contributed by atoms with van der Waals surface area (Å²) in [5.74, 6) is -3.90. The molecule has 1 atom stereocenters. The molecular weight excluding hydrogens is 413 g/mol. The maximum Gasteiger partial charge on any atom is 0.333 e. The van der Waals surface area contributed by atoms with Gasteiger partial charge in [-0.1, -0.05) is 42.5 Å². The van der Waals surface area contributed by atoms with Crippen LogP contribution in [0.4, 0.5) is 13.2 Å². The standard InChI is InChI=1S/C21H17F3N4O3/c22-14-8-4-7-13(10-14)17-15(11-28(27-17)21(23)24)20(31)26-16(18(29)19(25)30)9-12-5-2-1-3-6-12/h1-8,10-11,16,21H,9H2,(H2,25,30)(H,26,31). The fourth-order valence-electron chi connectivity index (χ4n) is 2.97. The molecule has 1 aromatic heterocycles. The second kappa shape index (κ2) is 9.24. The van der Waals surface area contributed by atoms with E-state index in [1.165, 1.54) is 12.1 Å². The van der Waals surface area contributed by atoms with E-state index in [1.807, 2.05) is 0 Å². The summed E-state index contributed by atoms with van der Waals surface area (Å²) >= 11 is 0. The number of hydrogen-bond acceptors (Lipinski definition) is 4. The van der Waals surface area contributed by atoms with Crippen LogP contribution in [0, 0.1) is 5.82 Å². The molecule has 160 valence electrons. The van der Waals surface area contributed by atoms with Gasteiger partial charge in [-0.25, -0.2) is 9.07 Å². The first-order valence-electron chi connectivity index (χ1n) is 9.08. The van der Waals surface area contributed by atoms with Gasteiger partial charge in [-0.05, 0) is 17.7 Å². The maximum absolute atomic E-state index is 13.6. The zero-order valence-corrected chi connectivity index (χ0v) is 16.0. The number of carbonyl (C=O) groups excluding carboxylic acids is 3. The van der Waals surface area contributed by atoms with E-state index < -0.39 is 36.0 Å². The van der Waals surface area contributed by atoms with Crippen molar-refractivity contribution in [3.05, 3.63) is 77.7 Å². The second-order valence-electron chi connectivity index (χ2n) is 6.60. The molecule has 0 fully saturated rings. The number of primary amides is 1. The van der Waals surface area contributed by atoms with Gasteiger partial charge in [-0.3, -0.25) is 14.4 Å². The Morgan fingerprint density at radius 2 is 1.77 bits per heavy atom. The lowest BCUT2D eigenvalue weighted by Gasteiger charge is -2.16. The lowest BCUT2D eigenvalue weighted by molar-refractivity contribution is -0.137. The molecule has 7 nitrogen and oxygen atoms in total. The molecule has 0 aliphatic rings. The van der Waals surface area contributed by atoms with Crippen LogP contribution in [0.3, 0.4) is 0 Å². The molecule has 1 heterocycles. The molecule has 0 saturated carbocycles. The first-order valence-corrected chi connectivity index (χ1v) is 9.08. The number of amides is 2. The number of ketones is 1. The number of hydrogen-bond donors (Lipinski definition) is 2. The highest BCUT2D eigenvalue weighted by atomic mass is 19.3. The summed E-state index contributed by atoms with van der Waals surface area (Å²) in [6, 6.07) is 12.1. The molecule has 0 aliphatic carbocycles. The van der Waals surface area contributed by atoms with Gasteiger partial charge in [-0.15, -0.1) is 0 Å². The fraction of sp³-hybridized carbons (Fsp3) is 0.143. The Bertz CT molecular complexity index is 1120. The van der Waals surface area contributed by atoms with Gasteiger partial charge < -0.3 is 11.1 Å². The fourth-order valence-corrected chi connectivity index (χ4v) is 2.97. The number of rotatable bonds is 8. The van der Waals surface area contributed by atoms with E-state index in [9.17, 15) is 27.6 Å². The van der Waals surface area contributed by atoms with Crippen LogP contribution >= 0.6 is 0 Å². The average Bonchev–Trinajstić information content (AvgIpc) is 3.19. The van der Waals surface area contributed by atoms with Gasteiger partial charge in [0.1, 0.15) is 17.6 Å². The van der Waals surface area contributed by atoms with Crippen LogP contribution in [0.25, 0.3) is 11.3 Å². The number of nitrogens with zero attached hydrogens (tertiary/aromatic N) is 2. The Kier molecular flexibility index (Phi) is 6.49. The van der Waals surface area contributed by atoms with Crippen LogP contribution in [0.5, 0.6) is 0 Å². The van der Waals surface area contributed by atoms with Gasteiger partial charge in [0.15, 0.2) is 0 Å². The molecule has 2 aromatic carbocycles. The Morgan fingerprint density at radius 3 is 2.39 bits per heavy atom. The van der Waals surface area contributed by atoms with E-state index in [0.29, 0.717) is 5.56 Å². The third kappa shape index (κ3) is 5.16. The molecule has 0 aliphatic heterocycles. The van der Waals surface area contributed by atoms with Crippen molar-refractivity contribution in [2.24, 2.45) is 5.73 Å². The van der Waals surface area contributed by atoms with E-state index >= 15 is 0 Å². The van der Waals surface area contributed by atoms with Crippen molar-refractivity contribution < 1.29 is 27.6 Å². The van der Waals surface area contributed by atoms with Crippen LogP contribution in [-0.4, -0.2) is 33.4 Å². The van der Waals surface area contributed by atoms with Gasteiger partial charge >= 0.3 is 6.55 Å². The summed E-state index contributed by atoms with van der Waals surface area (Å²) in [6.45, 7) is -3.05. The second-order valence-corrected chi connectivity index (χ2v) is 6.60. The summed E-state index contributed by atoms with van der Waals surface area (Å²) < 4.78 is 40.2. The summed E-state index contributed by atoms with van der Waals surface area (Å²) in [5.41, 5.74) is 5.29. The van der Waals surface area contributed by atoms with E-state index in [2.05, 4.69) is 10.4 Å². The number of Topliss-reactive ketones (excluding diaryl/α,β-unsaturated/α-hetero) is 1. The molecule has 0 bridgehead atoms. The van der Waals surface area contributed by atoms with Crippen LogP contribution in [0.2, 0.25) is 0 Å². The highest BCUT2D eigenvalue weighted by molar-refractivity contribution is 6.38. The largest absolute Gasteiger partial charge is 0.363 e. The number of benzene rings is 2. The summed E-state index contributed by atoms with van der Waals surface area (Å²) in [5, 5.41) is 6.03. The van der Waals surface area contributed by atoms with Gasteiger partial charge in [0.2, 0.25) is 5.78 Å². The Balaban J connectivity index is 1.96. The highest BCUT2D eigenvalue weighted by Crippen LogP contribution is 2.25. The number of alkyl halides is 2. The highest BCUT2D eigenvalue weighted by Gasteiger charge is 2.28. The van der Waals surface area contributed by atoms with Crippen molar-refractivity contribution >= 4 is 17.6 Å². The van der Waals surface area contributed by atoms with Crippen molar-refractivity contribution in [2.75, 3.05) is 0 Å². The minimum absolute atomic E-state index is 0.0490. The van der Waals surface area contributed by atoms with E-state index in [-0.39, 0.29) is 27.9 Å². The number of halogens is 3. The van der Waals surface area contributed by atoms with Crippen LogP contribution < -0.4 is 11.1 Å². The van der Waals surface area contributed by atoms with Crippen molar-refractivity contribution in [3.63, 3.8) is 0 Å². The van der Waals surface area contributed by atoms with Gasteiger partial charge in [0, 0.05) is 18.2 Å². The molecule has 0 saturated heterocycles. The molecule has 3 N–H and O–H groups in total. The summed E-state index contributed by atoms with van der Waals surface area (Å²) in [6.07, 6.45) is 0.737. The summed E-state index contributed by atoms with van der Waals surface area (Å²) in [4.78, 5) is 36.6. The third-order valence-electron chi connectivity index (χ3n) is 4.42. The average molecular weight is 430 g/mol. The zero-order valence-electron chi connectivity index (χ0n) is 16.0. The lowest BCUT2D eigenvalue weighted by Crippen LogP contribution is -2.47. The van der Waals surface area contributed by atoms with Crippen LogP contribution in [-0.2, 0) is 16.0 Å². The molecular formula is C21H17F3N4O3. The van der Waals surface area contributed by atoms with Crippen LogP contribution in [0.15, 0.2) is 60.8 Å². The quantitative estimate of drug-likeness (QED) is 0.536. The molecule has 10 heteroatoms. The van der Waals surface area contributed by atoms with E-state index in [1.54, 1.807) is 30.3 Å². The molecule has 2 amide bonds. The molecule has 0 spiro atoms. The lowest BCUT2D eigenvalue weighted by atomic mass is 10.0. The van der Waals surface area contributed by atoms with Crippen molar-refractivity contribution in [3.8, 4) is 11.3 Å². The number of nitrogens with two attached hydrogens (primary N) is 1. The molecule has 31 heavy (non-hydrogen) atoms. The Morgan fingerprint density at radius 1 is 1.06 bits per heavy atom. The summed E-state index contributed by atoms with van der Waals surface area (Å²) in [7, 11) is 0. The molecule has 1 unspecified atom stereocenters. The van der Waals surface area contributed by atoms with Crippen molar-refractivity contribution in [1.29, 1.82) is 0 Å².